The molecule has 0 radical (unpaired) electrons. The monoisotopic (exact) mass is 289 g/mol. The van der Waals surface area contributed by atoms with Gasteiger partial charge in [0, 0.05) is 5.56 Å². The molecule has 1 aromatic heterocycles. The average Bonchev–Trinajstić information content (AvgIpc) is 2.87. The van der Waals surface area contributed by atoms with Crippen LogP contribution in [-0.4, -0.2) is 22.2 Å². The van der Waals surface area contributed by atoms with E-state index in [-0.39, 0.29) is 11.5 Å². The summed E-state index contributed by atoms with van der Waals surface area (Å²) in [6.45, 7) is 1.67. The van der Waals surface area contributed by atoms with Gasteiger partial charge in [-0.2, -0.15) is 5.10 Å². The molecule has 0 spiro atoms. The number of phenolic OH excluding ortho intramolecular Hbond substituents is 1. The number of hydrogen-bond acceptors (Lipinski definition) is 6. The molecule has 108 valence electrons. The number of furan rings is 1. The van der Waals surface area contributed by atoms with Gasteiger partial charge in [0.2, 0.25) is 0 Å². The van der Waals surface area contributed by atoms with Crippen molar-refractivity contribution in [2.75, 3.05) is 0 Å². The first-order chi connectivity index (χ1) is 9.97. The molecule has 1 aromatic carbocycles. The summed E-state index contributed by atoms with van der Waals surface area (Å²) in [4.78, 5) is 21.6. The zero-order valence-corrected chi connectivity index (χ0v) is 10.9. The highest BCUT2D eigenvalue weighted by molar-refractivity contribution is 5.96. The van der Waals surface area contributed by atoms with E-state index in [1.54, 1.807) is 6.92 Å². The summed E-state index contributed by atoms with van der Waals surface area (Å²) in [5.41, 5.74) is 3.22. The van der Waals surface area contributed by atoms with E-state index in [4.69, 9.17) is 4.42 Å². The van der Waals surface area contributed by atoms with Crippen LogP contribution in [-0.2, 0) is 0 Å². The van der Waals surface area contributed by atoms with Crippen molar-refractivity contribution in [2.45, 2.75) is 6.92 Å². The molecule has 2 rings (SSSR count). The molecule has 2 N–H and O–H groups in total. The van der Waals surface area contributed by atoms with E-state index in [1.165, 1.54) is 30.3 Å². The molecule has 8 nitrogen and oxygen atoms in total. The van der Waals surface area contributed by atoms with E-state index in [1.807, 2.05) is 0 Å². The van der Waals surface area contributed by atoms with Crippen molar-refractivity contribution in [2.24, 2.45) is 5.10 Å². The number of nitro groups is 1. The number of nitrogens with zero attached hydrogens (tertiary/aromatic N) is 2. The molecule has 0 aliphatic carbocycles. The molecule has 0 atom stereocenters. The zero-order chi connectivity index (χ0) is 15.4. The lowest BCUT2D eigenvalue weighted by Crippen LogP contribution is -2.18. The second kappa shape index (κ2) is 5.87. The molecule has 1 amide bonds. The van der Waals surface area contributed by atoms with E-state index >= 15 is 0 Å². The normalized spacial score (nSPS) is 10.7. The molecule has 0 aliphatic rings. The fraction of sp³-hybridized carbons (Fsp3) is 0.0769. The van der Waals surface area contributed by atoms with Crippen LogP contribution in [0, 0.1) is 17.0 Å². The Morgan fingerprint density at radius 3 is 2.81 bits per heavy atom. The minimum Gasteiger partial charge on any atom is -0.508 e. The third kappa shape index (κ3) is 3.44. The van der Waals surface area contributed by atoms with Gasteiger partial charge in [0.25, 0.3) is 5.91 Å². The zero-order valence-electron chi connectivity index (χ0n) is 10.9. The molecule has 0 fully saturated rings. The maximum absolute atomic E-state index is 11.8. The van der Waals surface area contributed by atoms with Gasteiger partial charge in [0.05, 0.1) is 12.3 Å². The second-order valence-corrected chi connectivity index (χ2v) is 4.13. The molecule has 0 saturated heterocycles. The third-order valence-corrected chi connectivity index (χ3v) is 2.61. The van der Waals surface area contributed by atoms with E-state index in [0.717, 1.165) is 6.21 Å². The van der Waals surface area contributed by atoms with Gasteiger partial charge in [-0.1, -0.05) is 0 Å². The van der Waals surface area contributed by atoms with Crippen molar-refractivity contribution in [3.8, 4) is 5.75 Å². The van der Waals surface area contributed by atoms with Crippen LogP contribution in [0.1, 0.15) is 21.7 Å². The van der Waals surface area contributed by atoms with Crippen LogP contribution in [0.5, 0.6) is 5.75 Å². The van der Waals surface area contributed by atoms with Crippen LogP contribution in [0.25, 0.3) is 0 Å². The summed E-state index contributed by atoms with van der Waals surface area (Å²) in [5.74, 6) is -0.665. The Balaban J connectivity index is 2.03. The number of carbonyl (C=O) groups excluding carboxylic acids is 1. The van der Waals surface area contributed by atoms with Crippen LogP contribution in [0.3, 0.4) is 0 Å². The van der Waals surface area contributed by atoms with Crippen LogP contribution < -0.4 is 5.43 Å². The van der Waals surface area contributed by atoms with Gasteiger partial charge in [-0.3, -0.25) is 14.9 Å². The van der Waals surface area contributed by atoms with Crippen LogP contribution >= 0.6 is 0 Å². The van der Waals surface area contributed by atoms with Gasteiger partial charge in [0.1, 0.15) is 10.7 Å². The first-order valence-corrected chi connectivity index (χ1v) is 5.84. The van der Waals surface area contributed by atoms with Crippen molar-refractivity contribution in [1.29, 1.82) is 0 Å². The van der Waals surface area contributed by atoms with Gasteiger partial charge >= 0.3 is 5.88 Å². The number of aryl methyl sites for hydroxylation is 1. The molecule has 0 saturated carbocycles. The summed E-state index contributed by atoms with van der Waals surface area (Å²) in [5, 5.41) is 23.3. The molecular weight excluding hydrogens is 278 g/mol. The summed E-state index contributed by atoms with van der Waals surface area (Å²) in [6, 6.07) is 6.86. The fourth-order valence-electron chi connectivity index (χ4n) is 1.63. The fourth-order valence-corrected chi connectivity index (χ4v) is 1.63. The Morgan fingerprint density at radius 2 is 2.19 bits per heavy atom. The summed E-state index contributed by atoms with van der Waals surface area (Å²) >= 11 is 0. The number of carbonyl (C=O) groups is 1. The number of rotatable bonds is 4. The Kier molecular flexibility index (Phi) is 3.98. The van der Waals surface area contributed by atoms with Crippen molar-refractivity contribution >= 4 is 18.0 Å². The molecule has 0 bridgehead atoms. The molecule has 0 unspecified atom stereocenters. The lowest BCUT2D eigenvalue weighted by Gasteiger charge is -2.03. The van der Waals surface area contributed by atoms with E-state index < -0.39 is 16.7 Å². The largest absolute Gasteiger partial charge is 0.508 e. The number of hydrazone groups is 1. The van der Waals surface area contributed by atoms with Gasteiger partial charge in [-0.15, -0.1) is 0 Å². The first kappa shape index (κ1) is 14.3. The highest BCUT2D eigenvalue weighted by atomic mass is 16.6. The first-order valence-electron chi connectivity index (χ1n) is 5.84. The Labute approximate surface area is 118 Å². The van der Waals surface area contributed by atoms with E-state index in [0.29, 0.717) is 11.1 Å². The average molecular weight is 289 g/mol. The smallest absolute Gasteiger partial charge is 0.433 e. The van der Waals surface area contributed by atoms with Gasteiger partial charge in [-0.05, 0) is 36.8 Å². The van der Waals surface area contributed by atoms with Crippen molar-refractivity contribution in [3.63, 3.8) is 0 Å². The van der Waals surface area contributed by atoms with Gasteiger partial charge in [-0.25, -0.2) is 5.43 Å². The maximum atomic E-state index is 11.8. The number of amides is 1. The number of nitrogens with one attached hydrogen (secondary N) is 1. The third-order valence-electron chi connectivity index (χ3n) is 2.61. The Morgan fingerprint density at radius 1 is 1.43 bits per heavy atom. The highest BCUT2D eigenvalue weighted by Gasteiger charge is 2.11. The lowest BCUT2D eigenvalue weighted by atomic mass is 10.1. The van der Waals surface area contributed by atoms with Crippen molar-refractivity contribution < 1.29 is 19.2 Å². The summed E-state index contributed by atoms with van der Waals surface area (Å²) in [6.07, 6.45) is 1.15. The van der Waals surface area contributed by atoms with Crippen molar-refractivity contribution in [1.82, 2.24) is 5.43 Å². The van der Waals surface area contributed by atoms with Crippen LogP contribution in [0.2, 0.25) is 0 Å². The number of hydrogen-bond donors (Lipinski definition) is 2. The molecule has 1 heterocycles. The number of phenols is 1. The summed E-state index contributed by atoms with van der Waals surface area (Å²) in [7, 11) is 0. The standard InChI is InChI=1S/C13H11N3O5/c1-8-6-9(17)2-4-11(8)13(18)15-14-7-10-3-5-12(21-10)16(19)20/h2-7,17H,1H3,(H,15,18)/b14-7+. The van der Waals surface area contributed by atoms with E-state index in [9.17, 15) is 20.0 Å². The van der Waals surface area contributed by atoms with Crippen LogP contribution in [0.4, 0.5) is 5.88 Å². The molecular formula is C13H11N3O5. The minimum absolute atomic E-state index is 0.0652. The lowest BCUT2D eigenvalue weighted by molar-refractivity contribution is -0.402. The predicted molar refractivity (Wildman–Crippen MR) is 73.3 cm³/mol. The summed E-state index contributed by atoms with van der Waals surface area (Å²) < 4.78 is 4.84. The Hall–Kier alpha value is -3.16. The van der Waals surface area contributed by atoms with Gasteiger partial charge < -0.3 is 9.52 Å². The van der Waals surface area contributed by atoms with Crippen molar-refractivity contribution in [3.05, 3.63) is 57.3 Å². The maximum Gasteiger partial charge on any atom is 0.433 e. The SMILES string of the molecule is Cc1cc(O)ccc1C(=O)N/N=C/c1ccc([N+](=O)[O-])o1. The van der Waals surface area contributed by atoms with Gasteiger partial charge in [0.15, 0.2) is 5.76 Å². The second-order valence-electron chi connectivity index (χ2n) is 4.13. The van der Waals surface area contributed by atoms with Crippen LogP contribution in [0.15, 0.2) is 39.9 Å². The minimum atomic E-state index is -0.671. The quantitative estimate of drug-likeness (QED) is 0.506. The topological polar surface area (TPSA) is 118 Å². The molecule has 21 heavy (non-hydrogen) atoms. The number of benzene rings is 1. The number of aromatic hydroxyl groups is 1. The highest BCUT2D eigenvalue weighted by Crippen LogP contribution is 2.16. The molecule has 8 heteroatoms. The predicted octanol–water partition coefficient (Wildman–Crippen LogP) is 1.97. The molecule has 0 aliphatic heterocycles. The Bertz CT molecular complexity index is 720. The van der Waals surface area contributed by atoms with E-state index in [2.05, 4.69) is 10.5 Å². The molecule has 2 aromatic rings.